The molecule has 0 aliphatic heterocycles. The lowest BCUT2D eigenvalue weighted by Gasteiger charge is -2.26. The molecule has 28 heavy (non-hydrogen) atoms. The summed E-state index contributed by atoms with van der Waals surface area (Å²) in [6, 6.07) is 4.48. The minimum atomic E-state index is -3.65. The van der Waals surface area contributed by atoms with Crippen LogP contribution in [0.5, 0.6) is 0 Å². The Morgan fingerprint density at radius 2 is 1.86 bits per heavy atom. The number of carbonyl (C=O) groups is 2. The number of hydrogen-bond acceptors (Lipinski definition) is 5. The second kappa shape index (κ2) is 8.66. The van der Waals surface area contributed by atoms with Crippen molar-refractivity contribution in [2.75, 3.05) is 31.2 Å². The molecule has 0 radical (unpaired) electrons. The molecular formula is C20H27ClN2O4S. The molecule has 1 fully saturated rings. The lowest BCUT2D eigenvalue weighted by Crippen LogP contribution is -2.34. The fourth-order valence-electron chi connectivity index (χ4n) is 2.85. The highest BCUT2D eigenvalue weighted by molar-refractivity contribution is 7.92. The number of allylic oxidation sites excluding steroid dienone is 1. The molecule has 0 unspecified atom stereocenters. The van der Waals surface area contributed by atoms with Crippen molar-refractivity contribution in [3.05, 3.63) is 40.6 Å². The molecule has 0 heterocycles. The first-order valence-corrected chi connectivity index (χ1v) is 11.4. The SMILES string of the molecule is CC(C)CN(c1cc(Cl)ccc1C(=O)C(=CN(C)C)C(=O)C1CC1)S(C)(=O)=O. The maximum atomic E-state index is 13.3. The van der Waals surface area contributed by atoms with Crippen LogP contribution in [0.15, 0.2) is 30.0 Å². The summed E-state index contributed by atoms with van der Waals surface area (Å²) in [5.41, 5.74) is 0.411. The quantitative estimate of drug-likeness (QED) is 0.262. The fourth-order valence-corrected chi connectivity index (χ4v) is 4.09. The Morgan fingerprint density at radius 3 is 2.32 bits per heavy atom. The molecule has 1 aliphatic carbocycles. The van der Waals surface area contributed by atoms with E-state index in [1.807, 2.05) is 13.8 Å². The van der Waals surface area contributed by atoms with Crippen molar-refractivity contribution < 1.29 is 18.0 Å². The van der Waals surface area contributed by atoms with E-state index in [0.29, 0.717) is 5.02 Å². The fraction of sp³-hybridized carbons (Fsp3) is 0.500. The van der Waals surface area contributed by atoms with Crippen LogP contribution in [-0.2, 0) is 14.8 Å². The maximum Gasteiger partial charge on any atom is 0.232 e. The summed E-state index contributed by atoms with van der Waals surface area (Å²) >= 11 is 6.12. The van der Waals surface area contributed by atoms with Gasteiger partial charge in [-0.05, 0) is 37.0 Å². The second-order valence-corrected chi connectivity index (χ2v) is 10.2. The zero-order valence-corrected chi connectivity index (χ0v) is 18.5. The van der Waals surface area contributed by atoms with Crippen molar-refractivity contribution in [2.45, 2.75) is 26.7 Å². The minimum absolute atomic E-state index is 0.0292. The molecule has 1 aliphatic rings. The highest BCUT2D eigenvalue weighted by Gasteiger charge is 2.36. The number of anilines is 1. The first kappa shape index (κ1) is 22.4. The van der Waals surface area contributed by atoms with Crippen molar-refractivity contribution >= 4 is 38.9 Å². The summed E-state index contributed by atoms with van der Waals surface area (Å²) in [5, 5.41) is 0.315. The van der Waals surface area contributed by atoms with Crippen LogP contribution in [0, 0.1) is 11.8 Å². The molecule has 154 valence electrons. The molecule has 2 rings (SSSR count). The van der Waals surface area contributed by atoms with E-state index >= 15 is 0 Å². The van der Waals surface area contributed by atoms with Gasteiger partial charge in [-0.15, -0.1) is 0 Å². The number of rotatable bonds is 9. The Labute approximate surface area is 172 Å². The van der Waals surface area contributed by atoms with Gasteiger partial charge in [0.05, 0.1) is 17.5 Å². The van der Waals surface area contributed by atoms with Crippen LogP contribution in [0.2, 0.25) is 5.02 Å². The number of hydrogen-bond donors (Lipinski definition) is 0. The third kappa shape index (κ3) is 5.58. The smallest absolute Gasteiger partial charge is 0.232 e. The van der Waals surface area contributed by atoms with Crippen LogP contribution in [0.25, 0.3) is 0 Å². The summed E-state index contributed by atoms with van der Waals surface area (Å²) in [5.74, 6) is -0.793. The number of nitrogens with zero attached hydrogens (tertiary/aromatic N) is 2. The van der Waals surface area contributed by atoms with Crippen LogP contribution in [0.1, 0.15) is 37.0 Å². The number of Topliss-reactive ketones (excluding diaryl/α,β-unsaturated/α-hetero) is 2. The lowest BCUT2D eigenvalue weighted by atomic mass is 9.96. The Kier molecular flexibility index (Phi) is 6.93. The summed E-state index contributed by atoms with van der Waals surface area (Å²) in [6.45, 7) is 3.97. The largest absolute Gasteiger partial charge is 0.383 e. The molecule has 6 nitrogen and oxygen atoms in total. The molecule has 0 aromatic heterocycles. The van der Waals surface area contributed by atoms with Gasteiger partial charge in [-0.3, -0.25) is 13.9 Å². The van der Waals surface area contributed by atoms with Gasteiger partial charge in [0.15, 0.2) is 11.6 Å². The van der Waals surface area contributed by atoms with Gasteiger partial charge in [0.2, 0.25) is 10.0 Å². The van der Waals surface area contributed by atoms with Gasteiger partial charge in [-0.1, -0.05) is 25.4 Å². The summed E-state index contributed by atoms with van der Waals surface area (Å²) < 4.78 is 26.1. The van der Waals surface area contributed by atoms with Gasteiger partial charge in [0, 0.05) is 43.3 Å². The number of sulfonamides is 1. The van der Waals surface area contributed by atoms with E-state index in [-0.39, 0.29) is 41.0 Å². The van der Waals surface area contributed by atoms with Crippen LogP contribution in [0.4, 0.5) is 5.69 Å². The zero-order chi connectivity index (χ0) is 21.2. The van der Waals surface area contributed by atoms with Crippen LogP contribution in [-0.4, -0.2) is 51.8 Å². The molecule has 0 N–H and O–H groups in total. The second-order valence-electron chi connectivity index (χ2n) is 7.82. The molecule has 0 bridgehead atoms. The predicted molar refractivity (Wildman–Crippen MR) is 112 cm³/mol. The Bertz CT molecular complexity index is 903. The normalized spacial score (nSPS) is 14.9. The number of ketones is 2. The molecule has 0 amide bonds. The Hall–Kier alpha value is -1.86. The van der Waals surface area contributed by atoms with Crippen molar-refractivity contribution in [2.24, 2.45) is 11.8 Å². The standard InChI is InChI=1S/C20H27ClN2O4S/c1-13(2)11-23(28(5,26)27)18-10-15(21)8-9-16(18)20(25)17(12-22(3)4)19(24)14-6-7-14/h8-10,12-14H,6-7,11H2,1-5H3. The van der Waals surface area contributed by atoms with Crippen molar-refractivity contribution in [1.29, 1.82) is 0 Å². The lowest BCUT2D eigenvalue weighted by molar-refractivity contribution is -0.116. The first-order valence-electron chi connectivity index (χ1n) is 9.16. The molecular weight excluding hydrogens is 400 g/mol. The minimum Gasteiger partial charge on any atom is -0.383 e. The van der Waals surface area contributed by atoms with Gasteiger partial charge >= 0.3 is 0 Å². The third-order valence-corrected chi connectivity index (χ3v) is 5.63. The van der Waals surface area contributed by atoms with E-state index in [2.05, 4.69) is 0 Å². The van der Waals surface area contributed by atoms with Crippen molar-refractivity contribution in [3.63, 3.8) is 0 Å². The molecule has 0 atom stereocenters. The van der Waals surface area contributed by atoms with Crippen molar-refractivity contribution in [1.82, 2.24) is 4.90 Å². The van der Waals surface area contributed by atoms with Gasteiger partial charge in [-0.25, -0.2) is 8.42 Å². The molecule has 1 saturated carbocycles. The average Bonchev–Trinajstić information content (AvgIpc) is 3.40. The van der Waals surface area contributed by atoms with E-state index in [9.17, 15) is 18.0 Å². The van der Waals surface area contributed by atoms with E-state index in [1.165, 1.54) is 28.7 Å². The van der Waals surface area contributed by atoms with Gasteiger partial charge < -0.3 is 4.90 Å². The van der Waals surface area contributed by atoms with E-state index in [1.54, 1.807) is 19.0 Å². The van der Waals surface area contributed by atoms with Gasteiger partial charge in [0.1, 0.15) is 0 Å². The summed E-state index contributed by atoms with van der Waals surface area (Å²) in [7, 11) is -0.183. The zero-order valence-electron chi connectivity index (χ0n) is 16.9. The third-order valence-electron chi connectivity index (χ3n) is 4.25. The maximum absolute atomic E-state index is 13.3. The summed E-state index contributed by atoms with van der Waals surface area (Å²) in [4.78, 5) is 27.7. The number of carbonyl (C=O) groups excluding carboxylic acids is 2. The van der Waals surface area contributed by atoms with Crippen molar-refractivity contribution in [3.8, 4) is 0 Å². The van der Waals surface area contributed by atoms with Gasteiger partial charge in [-0.2, -0.15) is 0 Å². The van der Waals surface area contributed by atoms with Crippen LogP contribution < -0.4 is 4.31 Å². The number of benzene rings is 1. The summed E-state index contributed by atoms with van der Waals surface area (Å²) in [6.07, 6.45) is 4.14. The predicted octanol–water partition coefficient (Wildman–Crippen LogP) is 3.37. The van der Waals surface area contributed by atoms with Crippen LogP contribution >= 0.6 is 11.6 Å². The van der Waals surface area contributed by atoms with E-state index in [0.717, 1.165) is 19.1 Å². The molecule has 0 saturated heterocycles. The Morgan fingerprint density at radius 1 is 1.25 bits per heavy atom. The molecule has 1 aromatic carbocycles. The molecule has 1 aromatic rings. The van der Waals surface area contributed by atoms with E-state index in [4.69, 9.17) is 11.6 Å². The molecule has 8 heteroatoms. The highest BCUT2D eigenvalue weighted by Crippen LogP contribution is 2.35. The molecule has 0 spiro atoms. The Balaban J connectivity index is 2.61. The first-order chi connectivity index (χ1) is 12.9. The van der Waals surface area contributed by atoms with Gasteiger partial charge in [0.25, 0.3) is 0 Å². The average molecular weight is 427 g/mol. The highest BCUT2D eigenvalue weighted by atomic mass is 35.5. The van der Waals surface area contributed by atoms with E-state index < -0.39 is 15.8 Å². The monoisotopic (exact) mass is 426 g/mol. The number of halogens is 1. The van der Waals surface area contributed by atoms with Crippen LogP contribution in [0.3, 0.4) is 0 Å². The topological polar surface area (TPSA) is 74.8 Å².